The minimum Gasteiger partial charge on any atom is -0.388 e. The molecular weight excluding hydrogens is 252 g/mol. The largest absolute Gasteiger partial charge is 0.388 e. The maximum atomic E-state index is 10.5. The first-order valence-corrected chi connectivity index (χ1v) is 5.95. The van der Waals surface area contributed by atoms with Gasteiger partial charge < -0.3 is 29.6 Å². The summed E-state index contributed by atoms with van der Waals surface area (Å²) in [6, 6.07) is 9.01. The average molecular weight is 268 g/mol. The molecule has 1 aromatic rings. The van der Waals surface area contributed by atoms with Gasteiger partial charge in [-0.15, -0.1) is 0 Å². The first-order valence-electron chi connectivity index (χ1n) is 5.95. The molecule has 0 aliphatic carbocycles. The normalized spacial score (nSPS) is 30.6. The molecule has 0 amide bonds. The molecule has 104 valence electrons. The fraction of sp³-hybridized carbons (Fsp3) is 0.462. The van der Waals surface area contributed by atoms with Gasteiger partial charge in [0.15, 0.2) is 12.6 Å². The van der Waals surface area contributed by atoms with Crippen LogP contribution in [0.5, 0.6) is 0 Å². The van der Waals surface area contributed by atoms with Gasteiger partial charge in [0, 0.05) is 5.56 Å². The molecule has 0 bridgehead atoms. The van der Waals surface area contributed by atoms with Crippen LogP contribution in [0, 0.1) is 0 Å². The Morgan fingerprint density at radius 3 is 2.58 bits per heavy atom. The predicted octanol–water partition coefficient (Wildman–Crippen LogP) is -0.618. The fourth-order valence-electron chi connectivity index (χ4n) is 1.92. The van der Waals surface area contributed by atoms with Gasteiger partial charge in [0.05, 0.1) is 6.61 Å². The molecule has 0 aromatic heterocycles. The van der Waals surface area contributed by atoms with Gasteiger partial charge in [0.1, 0.15) is 24.4 Å². The lowest BCUT2D eigenvalue weighted by Crippen LogP contribution is -2.51. The second-order valence-corrected chi connectivity index (χ2v) is 4.36. The molecule has 0 saturated carbocycles. The van der Waals surface area contributed by atoms with Crippen LogP contribution in [0.2, 0.25) is 0 Å². The Hall–Kier alpha value is -1.31. The van der Waals surface area contributed by atoms with Crippen molar-refractivity contribution in [2.75, 3.05) is 6.61 Å². The Morgan fingerprint density at radius 2 is 1.95 bits per heavy atom. The molecule has 1 saturated heterocycles. The molecule has 1 aliphatic rings. The van der Waals surface area contributed by atoms with E-state index in [-0.39, 0.29) is 12.9 Å². The number of aliphatic hydroxyl groups excluding tert-OH is 3. The molecule has 0 spiro atoms. The van der Waals surface area contributed by atoms with Crippen LogP contribution in [0.25, 0.3) is 0 Å². The molecule has 2 rings (SSSR count). The molecule has 6 heteroatoms. The number of aldehydes is 1. The molecular formula is C13H16O6. The van der Waals surface area contributed by atoms with Gasteiger partial charge in [-0.2, -0.15) is 0 Å². The third-order valence-corrected chi connectivity index (χ3v) is 2.98. The van der Waals surface area contributed by atoms with E-state index < -0.39 is 30.7 Å². The summed E-state index contributed by atoms with van der Waals surface area (Å²) in [6.07, 6.45) is -5.84. The lowest BCUT2D eigenvalue weighted by molar-refractivity contribution is -0.281. The number of benzene rings is 1. The lowest BCUT2D eigenvalue weighted by Gasteiger charge is -2.37. The molecule has 0 radical (unpaired) electrons. The summed E-state index contributed by atoms with van der Waals surface area (Å²) < 4.78 is 10.7. The molecule has 1 heterocycles. The zero-order valence-electron chi connectivity index (χ0n) is 10.1. The van der Waals surface area contributed by atoms with Gasteiger partial charge in [-0.05, 0) is 0 Å². The van der Waals surface area contributed by atoms with Crippen LogP contribution in [0.15, 0.2) is 30.3 Å². The molecule has 2 unspecified atom stereocenters. The summed E-state index contributed by atoms with van der Waals surface area (Å²) in [5, 5.41) is 28.8. The van der Waals surface area contributed by atoms with Crippen molar-refractivity contribution in [3.05, 3.63) is 35.9 Å². The number of carbonyl (C=O) groups is 1. The van der Waals surface area contributed by atoms with Crippen LogP contribution in [-0.4, -0.2) is 52.6 Å². The summed E-state index contributed by atoms with van der Waals surface area (Å²) in [7, 11) is 0. The minimum absolute atomic E-state index is 0.0487. The molecule has 1 aromatic carbocycles. The van der Waals surface area contributed by atoms with E-state index in [4.69, 9.17) is 9.47 Å². The number of carbonyl (C=O) groups excluding carboxylic acids is 1. The van der Waals surface area contributed by atoms with Crippen molar-refractivity contribution in [2.45, 2.75) is 30.7 Å². The highest BCUT2D eigenvalue weighted by molar-refractivity contribution is 5.56. The monoisotopic (exact) mass is 268 g/mol. The van der Waals surface area contributed by atoms with Gasteiger partial charge in [-0.25, -0.2) is 0 Å². The minimum atomic E-state index is -1.60. The van der Waals surface area contributed by atoms with Crippen LogP contribution in [0.1, 0.15) is 11.9 Å². The van der Waals surface area contributed by atoms with Crippen molar-refractivity contribution < 1.29 is 29.6 Å². The van der Waals surface area contributed by atoms with E-state index in [1.807, 2.05) is 6.07 Å². The molecule has 6 nitrogen and oxygen atoms in total. The van der Waals surface area contributed by atoms with Crippen LogP contribution in [0.4, 0.5) is 0 Å². The quantitative estimate of drug-likeness (QED) is 0.630. The first-order chi connectivity index (χ1) is 9.13. The molecule has 19 heavy (non-hydrogen) atoms. The van der Waals surface area contributed by atoms with Crippen molar-refractivity contribution in [2.24, 2.45) is 0 Å². The molecule has 3 N–H and O–H groups in total. The second kappa shape index (κ2) is 6.23. The van der Waals surface area contributed by atoms with Gasteiger partial charge in [0.2, 0.25) is 0 Å². The molecule has 5 atom stereocenters. The summed E-state index contributed by atoms with van der Waals surface area (Å²) >= 11 is 0. The highest BCUT2D eigenvalue weighted by Gasteiger charge is 2.39. The maximum absolute atomic E-state index is 10.5. The molecule has 1 fully saturated rings. The number of rotatable bonds is 4. The fourth-order valence-corrected chi connectivity index (χ4v) is 1.92. The zero-order chi connectivity index (χ0) is 13.8. The Labute approximate surface area is 110 Å². The average Bonchev–Trinajstić information content (AvgIpc) is 2.47. The highest BCUT2D eigenvalue weighted by atomic mass is 16.7. The van der Waals surface area contributed by atoms with Crippen molar-refractivity contribution in [3.63, 3.8) is 0 Å². The zero-order valence-corrected chi connectivity index (χ0v) is 10.1. The maximum Gasteiger partial charge on any atom is 0.184 e. The van der Waals surface area contributed by atoms with Crippen molar-refractivity contribution in [1.82, 2.24) is 0 Å². The number of aliphatic hydroxyl groups is 3. The Bertz CT molecular complexity index is 409. The standard InChI is InChI=1S/C13H16O6/c14-6-9(15)11(17)12-10(16)7-18-13(19-12)8-4-2-1-3-5-8/h1-6,9-13,15-17H,7H2/t9-,10+,11+,12?,13?/m1/s1. The first kappa shape index (κ1) is 14.1. The van der Waals surface area contributed by atoms with Gasteiger partial charge in [0.25, 0.3) is 0 Å². The van der Waals surface area contributed by atoms with E-state index in [1.54, 1.807) is 24.3 Å². The van der Waals surface area contributed by atoms with E-state index >= 15 is 0 Å². The van der Waals surface area contributed by atoms with E-state index in [0.29, 0.717) is 0 Å². The van der Waals surface area contributed by atoms with Crippen LogP contribution in [0.3, 0.4) is 0 Å². The number of hydrogen-bond donors (Lipinski definition) is 3. The second-order valence-electron chi connectivity index (χ2n) is 4.36. The summed E-state index contributed by atoms with van der Waals surface area (Å²) in [5.74, 6) is 0. The highest BCUT2D eigenvalue weighted by Crippen LogP contribution is 2.28. The molecule has 1 aliphatic heterocycles. The van der Waals surface area contributed by atoms with Crippen LogP contribution in [-0.2, 0) is 14.3 Å². The van der Waals surface area contributed by atoms with E-state index in [2.05, 4.69) is 0 Å². The number of hydrogen-bond acceptors (Lipinski definition) is 6. The van der Waals surface area contributed by atoms with Gasteiger partial charge in [-0.3, -0.25) is 0 Å². The van der Waals surface area contributed by atoms with Crippen LogP contribution < -0.4 is 0 Å². The van der Waals surface area contributed by atoms with Crippen molar-refractivity contribution in [3.8, 4) is 0 Å². The third-order valence-electron chi connectivity index (χ3n) is 2.98. The summed E-state index contributed by atoms with van der Waals surface area (Å²) in [4.78, 5) is 10.5. The Balaban J connectivity index is 2.10. The van der Waals surface area contributed by atoms with E-state index in [9.17, 15) is 20.1 Å². The van der Waals surface area contributed by atoms with E-state index in [1.165, 1.54) is 0 Å². The lowest BCUT2D eigenvalue weighted by atomic mass is 10.0. The van der Waals surface area contributed by atoms with Gasteiger partial charge >= 0.3 is 0 Å². The predicted molar refractivity (Wildman–Crippen MR) is 64.1 cm³/mol. The SMILES string of the molecule is O=C[C@@H](O)[C@H](O)C1OC(c2ccccc2)OC[C@@H]1O. The number of ether oxygens (including phenoxy) is 2. The van der Waals surface area contributed by atoms with E-state index in [0.717, 1.165) is 5.56 Å². The smallest absolute Gasteiger partial charge is 0.184 e. The van der Waals surface area contributed by atoms with Crippen molar-refractivity contribution >= 4 is 6.29 Å². The van der Waals surface area contributed by atoms with Crippen molar-refractivity contribution in [1.29, 1.82) is 0 Å². The summed E-state index contributed by atoms with van der Waals surface area (Å²) in [6.45, 7) is -0.0487. The third kappa shape index (κ3) is 3.17. The Kier molecular flexibility index (Phi) is 4.62. The topological polar surface area (TPSA) is 96.2 Å². The van der Waals surface area contributed by atoms with Crippen LogP contribution >= 0.6 is 0 Å². The van der Waals surface area contributed by atoms with Gasteiger partial charge in [-0.1, -0.05) is 30.3 Å². The summed E-state index contributed by atoms with van der Waals surface area (Å²) in [5.41, 5.74) is 0.729. The Morgan fingerprint density at radius 1 is 1.26 bits per heavy atom.